The SMILES string of the molecule is CCCCCCCC(=O)N1CCN(c2ccc(NC(=O)Nc3ccc(C)cc3C)cc2)CC1. The van der Waals surface area contributed by atoms with Crippen molar-refractivity contribution < 1.29 is 9.59 Å². The minimum atomic E-state index is -0.253. The maximum absolute atomic E-state index is 12.5. The average Bonchev–Trinajstić information content (AvgIpc) is 2.81. The number of rotatable bonds is 9. The van der Waals surface area contributed by atoms with Crippen LogP contribution in [0.3, 0.4) is 0 Å². The largest absolute Gasteiger partial charge is 0.368 e. The van der Waals surface area contributed by atoms with Crippen LogP contribution in [0.1, 0.15) is 56.6 Å². The molecule has 0 saturated carbocycles. The van der Waals surface area contributed by atoms with Crippen LogP contribution in [0.15, 0.2) is 42.5 Å². The molecule has 178 valence electrons. The lowest BCUT2D eigenvalue weighted by Gasteiger charge is -2.36. The fourth-order valence-corrected chi connectivity index (χ4v) is 4.25. The second kappa shape index (κ2) is 12.3. The normalized spacial score (nSPS) is 13.7. The number of nitrogens with one attached hydrogen (secondary N) is 2. The highest BCUT2D eigenvalue weighted by Gasteiger charge is 2.21. The molecule has 33 heavy (non-hydrogen) atoms. The molecular formula is C27H38N4O2. The minimum Gasteiger partial charge on any atom is -0.368 e. The lowest BCUT2D eigenvalue weighted by molar-refractivity contribution is -0.131. The van der Waals surface area contributed by atoms with Gasteiger partial charge in [0.15, 0.2) is 0 Å². The van der Waals surface area contributed by atoms with E-state index in [2.05, 4.69) is 22.5 Å². The van der Waals surface area contributed by atoms with E-state index < -0.39 is 0 Å². The molecule has 0 bridgehead atoms. The van der Waals surface area contributed by atoms with Gasteiger partial charge in [-0.2, -0.15) is 0 Å². The van der Waals surface area contributed by atoms with Gasteiger partial charge in [0.05, 0.1) is 0 Å². The Morgan fingerprint density at radius 2 is 1.55 bits per heavy atom. The van der Waals surface area contributed by atoms with Crippen LogP contribution in [0.25, 0.3) is 0 Å². The van der Waals surface area contributed by atoms with E-state index >= 15 is 0 Å². The van der Waals surface area contributed by atoms with E-state index in [0.717, 1.165) is 61.6 Å². The van der Waals surface area contributed by atoms with Crippen LogP contribution in [-0.2, 0) is 4.79 Å². The van der Waals surface area contributed by atoms with Gasteiger partial charge in [-0.05, 0) is 56.2 Å². The molecule has 0 atom stereocenters. The number of carbonyl (C=O) groups is 2. The van der Waals surface area contributed by atoms with Crippen molar-refractivity contribution in [3.8, 4) is 0 Å². The van der Waals surface area contributed by atoms with Gasteiger partial charge in [0.2, 0.25) is 5.91 Å². The summed E-state index contributed by atoms with van der Waals surface area (Å²) >= 11 is 0. The number of hydrogen-bond donors (Lipinski definition) is 2. The summed E-state index contributed by atoms with van der Waals surface area (Å²) in [6.07, 6.45) is 6.56. The number of nitrogens with zero attached hydrogens (tertiary/aromatic N) is 2. The molecule has 0 spiro atoms. The first-order valence-corrected chi connectivity index (χ1v) is 12.2. The van der Waals surface area contributed by atoms with Crippen molar-refractivity contribution in [2.75, 3.05) is 41.7 Å². The van der Waals surface area contributed by atoms with E-state index in [1.807, 2.05) is 61.2 Å². The summed E-state index contributed by atoms with van der Waals surface area (Å²) in [7, 11) is 0. The smallest absolute Gasteiger partial charge is 0.323 e. The Morgan fingerprint density at radius 1 is 0.848 bits per heavy atom. The highest BCUT2D eigenvalue weighted by molar-refractivity contribution is 6.00. The number of piperazine rings is 1. The van der Waals surface area contributed by atoms with Crippen LogP contribution in [0.4, 0.5) is 21.9 Å². The van der Waals surface area contributed by atoms with Crippen LogP contribution < -0.4 is 15.5 Å². The molecule has 0 aromatic heterocycles. The summed E-state index contributed by atoms with van der Waals surface area (Å²) in [5.41, 5.74) is 4.87. The van der Waals surface area contributed by atoms with Crippen molar-refractivity contribution in [1.29, 1.82) is 0 Å². The first-order valence-electron chi connectivity index (χ1n) is 12.2. The highest BCUT2D eigenvalue weighted by atomic mass is 16.2. The molecular weight excluding hydrogens is 412 g/mol. The molecule has 1 saturated heterocycles. The zero-order valence-corrected chi connectivity index (χ0v) is 20.3. The predicted molar refractivity (Wildman–Crippen MR) is 137 cm³/mol. The number of hydrogen-bond acceptors (Lipinski definition) is 3. The second-order valence-electron chi connectivity index (χ2n) is 8.98. The Labute approximate surface area is 198 Å². The molecule has 1 aliphatic heterocycles. The molecule has 2 aromatic carbocycles. The number of anilines is 3. The Bertz CT molecular complexity index is 918. The lowest BCUT2D eigenvalue weighted by atomic mass is 10.1. The fourth-order valence-electron chi connectivity index (χ4n) is 4.25. The van der Waals surface area contributed by atoms with Crippen LogP contribution in [0.5, 0.6) is 0 Å². The third-order valence-corrected chi connectivity index (χ3v) is 6.25. The van der Waals surface area contributed by atoms with E-state index in [1.165, 1.54) is 24.8 Å². The zero-order chi connectivity index (χ0) is 23.6. The average molecular weight is 451 g/mol. The lowest BCUT2D eigenvalue weighted by Crippen LogP contribution is -2.48. The first-order chi connectivity index (χ1) is 16.0. The molecule has 1 heterocycles. The van der Waals surface area contributed by atoms with Crippen LogP contribution in [-0.4, -0.2) is 43.0 Å². The highest BCUT2D eigenvalue weighted by Crippen LogP contribution is 2.21. The summed E-state index contributed by atoms with van der Waals surface area (Å²) in [6.45, 7) is 9.43. The van der Waals surface area contributed by atoms with Crippen LogP contribution >= 0.6 is 0 Å². The third-order valence-electron chi connectivity index (χ3n) is 6.25. The van der Waals surface area contributed by atoms with Crippen LogP contribution in [0, 0.1) is 13.8 Å². The summed E-state index contributed by atoms with van der Waals surface area (Å²) in [6, 6.07) is 13.6. The summed E-state index contributed by atoms with van der Waals surface area (Å²) in [5.74, 6) is 0.292. The topological polar surface area (TPSA) is 64.7 Å². The monoisotopic (exact) mass is 450 g/mol. The van der Waals surface area contributed by atoms with Gasteiger partial charge < -0.3 is 20.4 Å². The summed E-state index contributed by atoms with van der Waals surface area (Å²) in [4.78, 5) is 29.1. The number of carbonyl (C=O) groups excluding carboxylic acids is 2. The maximum Gasteiger partial charge on any atom is 0.323 e. The molecule has 2 N–H and O–H groups in total. The maximum atomic E-state index is 12.5. The standard InChI is InChI=1S/C27H38N4O2/c1-4-5-6-7-8-9-26(32)31-18-16-30(17-19-31)24-13-11-23(12-14-24)28-27(33)29-25-15-10-21(2)20-22(25)3/h10-15,20H,4-9,16-19H2,1-3H3,(H2,28,29,33). The number of unbranched alkanes of at least 4 members (excludes halogenated alkanes) is 4. The molecule has 6 nitrogen and oxygen atoms in total. The van der Waals surface area contributed by atoms with Crippen molar-refractivity contribution >= 4 is 29.0 Å². The van der Waals surface area contributed by atoms with Gasteiger partial charge in [-0.3, -0.25) is 4.79 Å². The molecule has 0 radical (unpaired) electrons. The van der Waals surface area contributed by atoms with Crippen molar-refractivity contribution in [1.82, 2.24) is 4.90 Å². The third kappa shape index (κ3) is 7.52. The Kier molecular flexibility index (Phi) is 9.16. The molecule has 0 unspecified atom stereocenters. The fraction of sp³-hybridized carbons (Fsp3) is 0.481. The van der Waals surface area contributed by atoms with E-state index in [9.17, 15) is 9.59 Å². The van der Waals surface area contributed by atoms with Crippen LogP contribution in [0.2, 0.25) is 0 Å². The van der Waals surface area contributed by atoms with Gasteiger partial charge in [0.25, 0.3) is 0 Å². The second-order valence-corrected chi connectivity index (χ2v) is 8.98. The zero-order valence-electron chi connectivity index (χ0n) is 20.3. The molecule has 0 aliphatic carbocycles. The Morgan fingerprint density at radius 3 is 2.21 bits per heavy atom. The Hall–Kier alpha value is -3.02. The Balaban J connectivity index is 1.43. The van der Waals surface area contributed by atoms with E-state index in [0.29, 0.717) is 12.3 Å². The number of amides is 3. The van der Waals surface area contributed by atoms with Gasteiger partial charge in [-0.25, -0.2) is 4.79 Å². The van der Waals surface area contributed by atoms with E-state index in [-0.39, 0.29) is 6.03 Å². The minimum absolute atomic E-state index is 0.253. The molecule has 2 aromatic rings. The van der Waals surface area contributed by atoms with Gasteiger partial charge in [-0.15, -0.1) is 0 Å². The van der Waals surface area contributed by atoms with Gasteiger partial charge in [0, 0.05) is 49.7 Å². The predicted octanol–water partition coefficient (Wildman–Crippen LogP) is 5.96. The summed E-state index contributed by atoms with van der Waals surface area (Å²) in [5, 5.41) is 5.80. The van der Waals surface area contributed by atoms with E-state index in [4.69, 9.17) is 0 Å². The molecule has 1 aliphatic rings. The van der Waals surface area contributed by atoms with Gasteiger partial charge >= 0.3 is 6.03 Å². The van der Waals surface area contributed by atoms with E-state index in [1.54, 1.807) is 0 Å². The quantitative estimate of drug-likeness (QED) is 0.464. The van der Waals surface area contributed by atoms with Gasteiger partial charge in [-0.1, -0.05) is 50.3 Å². The molecule has 1 fully saturated rings. The van der Waals surface area contributed by atoms with Crippen molar-refractivity contribution in [3.05, 3.63) is 53.6 Å². The first kappa shape index (κ1) is 24.6. The van der Waals surface area contributed by atoms with Gasteiger partial charge in [0.1, 0.15) is 0 Å². The molecule has 3 rings (SSSR count). The molecule has 6 heteroatoms. The van der Waals surface area contributed by atoms with Crippen molar-refractivity contribution in [2.24, 2.45) is 0 Å². The number of aryl methyl sites for hydroxylation is 2. The number of benzene rings is 2. The summed E-state index contributed by atoms with van der Waals surface area (Å²) < 4.78 is 0. The van der Waals surface area contributed by atoms with Crippen molar-refractivity contribution in [2.45, 2.75) is 59.3 Å². The molecule has 3 amide bonds. The van der Waals surface area contributed by atoms with Crippen molar-refractivity contribution in [3.63, 3.8) is 0 Å². The number of urea groups is 1.